The van der Waals surface area contributed by atoms with Crippen molar-refractivity contribution >= 4 is 11.3 Å². The highest BCUT2D eigenvalue weighted by Crippen LogP contribution is 2.20. The lowest BCUT2D eigenvalue weighted by atomic mass is 10.2. The summed E-state index contributed by atoms with van der Waals surface area (Å²) in [5.74, 6) is 0. The Morgan fingerprint density at radius 1 is 1.43 bits per heavy atom. The molecule has 1 aliphatic heterocycles. The lowest BCUT2D eigenvalue weighted by Crippen LogP contribution is -2.37. The van der Waals surface area contributed by atoms with Gasteiger partial charge in [-0.15, -0.1) is 11.3 Å². The third kappa shape index (κ3) is 5.23. The number of aromatic nitrogens is 1. The molecule has 0 radical (unpaired) electrons. The quantitative estimate of drug-likeness (QED) is 0.873. The van der Waals surface area contributed by atoms with Gasteiger partial charge in [-0.1, -0.05) is 6.92 Å². The molecule has 1 saturated heterocycles. The van der Waals surface area contributed by atoms with Gasteiger partial charge in [-0.3, -0.25) is 4.90 Å². The highest BCUT2D eigenvalue weighted by Gasteiger charge is 2.34. The van der Waals surface area contributed by atoms with Gasteiger partial charge in [0.05, 0.1) is 17.2 Å². The first-order valence-corrected chi connectivity index (χ1v) is 8.16. The van der Waals surface area contributed by atoms with Crippen LogP contribution in [0.25, 0.3) is 0 Å². The van der Waals surface area contributed by atoms with Crippen molar-refractivity contribution in [1.82, 2.24) is 15.2 Å². The standard InChI is InChI=1S/C14H22F3N3S/c1-3-12-10(2)21-13(19-12)4-6-18-11-5-7-20(8-11)9-14(15,16)17/h11,18H,3-9H2,1-2H3/t11-/m1/s1. The van der Waals surface area contributed by atoms with Crippen LogP contribution >= 0.6 is 11.3 Å². The molecular weight excluding hydrogens is 299 g/mol. The van der Waals surface area contributed by atoms with Gasteiger partial charge in [-0.25, -0.2) is 4.98 Å². The molecule has 0 saturated carbocycles. The molecule has 1 atom stereocenters. The lowest BCUT2D eigenvalue weighted by Gasteiger charge is -2.18. The minimum Gasteiger partial charge on any atom is -0.312 e. The summed E-state index contributed by atoms with van der Waals surface area (Å²) >= 11 is 1.72. The zero-order valence-electron chi connectivity index (χ0n) is 12.5. The summed E-state index contributed by atoms with van der Waals surface area (Å²) in [6.45, 7) is 5.17. The molecule has 0 amide bonds. The largest absolute Gasteiger partial charge is 0.401 e. The molecule has 1 aromatic rings. The molecule has 1 fully saturated rings. The van der Waals surface area contributed by atoms with E-state index in [9.17, 15) is 13.2 Å². The number of thiazole rings is 1. The minimum atomic E-state index is -4.09. The molecule has 21 heavy (non-hydrogen) atoms. The van der Waals surface area contributed by atoms with E-state index in [0.717, 1.165) is 36.5 Å². The van der Waals surface area contributed by atoms with Crippen molar-refractivity contribution in [3.8, 4) is 0 Å². The number of hydrogen-bond acceptors (Lipinski definition) is 4. The molecule has 1 aromatic heterocycles. The zero-order valence-corrected chi connectivity index (χ0v) is 13.3. The van der Waals surface area contributed by atoms with Gasteiger partial charge in [0, 0.05) is 37.0 Å². The second-order valence-electron chi connectivity index (χ2n) is 5.50. The number of alkyl halides is 3. The van der Waals surface area contributed by atoms with Crippen LogP contribution in [0.5, 0.6) is 0 Å². The minimum absolute atomic E-state index is 0.166. The monoisotopic (exact) mass is 321 g/mol. The number of rotatable bonds is 6. The van der Waals surface area contributed by atoms with E-state index < -0.39 is 12.7 Å². The molecule has 2 rings (SSSR count). The van der Waals surface area contributed by atoms with Crippen LogP contribution < -0.4 is 5.32 Å². The molecule has 120 valence electrons. The molecule has 0 aromatic carbocycles. The number of nitrogens with one attached hydrogen (secondary N) is 1. The van der Waals surface area contributed by atoms with Crippen LogP contribution in [0.3, 0.4) is 0 Å². The van der Waals surface area contributed by atoms with Crippen LogP contribution in [0.1, 0.15) is 28.9 Å². The second-order valence-corrected chi connectivity index (χ2v) is 6.79. The molecule has 0 aliphatic carbocycles. The molecule has 1 aliphatic rings. The van der Waals surface area contributed by atoms with Gasteiger partial charge < -0.3 is 5.32 Å². The van der Waals surface area contributed by atoms with Gasteiger partial charge >= 0.3 is 6.18 Å². The fourth-order valence-electron chi connectivity index (χ4n) is 2.70. The topological polar surface area (TPSA) is 28.2 Å². The van der Waals surface area contributed by atoms with Crippen molar-refractivity contribution in [2.75, 3.05) is 26.2 Å². The molecule has 7 heteroatoms. The maximum absolute atomic E-state index is 12.3. The fourth-order valence-corrected chi connectivity index (χ4v) is 3.72. The Kier molecular flexibility index (Phi) is 5.62. The van der Waals surface area contributed by atoms with E-state index in [4.69, 9.17) is 0 Å². The fraction of sp³-hybridized carbons (Fsp3) is 0.786. The smallest absolute Gasteiger partial charge is 0.312 e. The van der Waals surface area contributed by atoms with Gasteiger partial charge in [-0.05, 0) is 19.8 Å². The zero-order chi connectivity index (χ0) is 15.5. The van der Waals surface area contributed by atoms with E-state index in [2.05, 4.69) is 24.1 Å². The first kappa shape index (κ1) is 16.7. The summed E-state index contributed by atoms with van der Waals surface area (Å²) < 4.78 is 36.9. The first-order chi connectivity index (χ1) is 9.87. The van der Waals surface area contributed by atoms with Gasteiger partial charge in [-0.2, -0.15) is 13.2 Å². The number of likely N-dealkylation sites (tertiary alicyclic amines) is 1. The van der Waals surface area contributed by atoms with Crippen molar-refractivity contribution in [2.45, 2.75) is 45.3 Å². The number of hydrogen-bond donors (Lipinski definition) is 1. The van der Waals surface area contributed by atoms with Gasteiger partial charge in [0.2, 0.25) is 0 Å². The van der Waals surface area contributed by atoms with Crippen molar-refractivity contribution in [3.63, 3.8) is 0 Å². The van der Waals surface area contributed by atoms with Crippen LogP contribution in [-0.4, -0.2) is 48.3 Å². The Balaban J connectivity index is 1.70. The summed E-state index contributed by atoms with van der Waals surface area (Å²) in [4.78, 5) is 7.32. The van der Waals surface area contributed by atoms with Crippen molar-refractivity contribution in [3.05, 3.63) is 15.6 Å². The third-order valence-corrected chi connectivity index (χ3v) is 4.79. The van der Waals surface area contributed by atoms with Gasteiger partial charge in [0.15, 0.2) is 0 Å². The van der Waals surface area contributed by atoms with E-state index in [1.54, 1.807) is 11.3 Å². The lowest BCUT2D eigenvalue weighted by molar-refractivity contribution is -0.143. The Hall–Kier alpha value is -0.660. The number of halogens is 3. The van der Waals surface area contributed by atoms with Crippen molar-refractivity contribution in [1.29, 1.82) is 0 Å². The predicted octanol–water partition coefficient (Wildman–Crippen LogP) is 2.78. The molecule has 0 bridgehead atoms. The SMILES string of the molecule is CCc1nc(CCN[C@@H]2CCN(CC(F)(F)F)C2)sc1C. The van der Waals surface area contributed by atoms with Crippen LogP contribution in [0.15, 0.2) is 0 Å². The Labute approximate surface area is 127 Å². The summed E-state index contributed by atoms with van der Waals surface area (Å²) in [6.07, 6.45) is -1.51. The molecule has 0 spiro atoms. The molecule has 3 nitrogen and oxygen atoms in total. The van der Waals surface area contributed by atoms with E-state index in [0.29, 0.717) is 13.1 Å². The van der Waals surface area contributed by atoms with Crippen molar-refractivity contribution < 1.29 is 13.2 Å². The summed E-state index contributed by atoms with van der Waals surface area (Å²) in [5, 5.41) is 4.46. The Morgan fingerprint density at radius 2 is 2.19 bits per heavy atom. The normalized spacial score (nSPS) is 20.3. The summed E-state index contributed by atoms with van der Waals surface area (Å²) in [6, 6.07) is 0.166. The molecular formula is C14H22F3N3S. The van der Waals surface area contributed by atoms with Crippen LogP contribution in [-0.2, 0) is 12.8 Å². The van der Waals surface area contributed by atoms with Crippen LogP contribution in [0, 0.1) is 6.92 Å². The highest BCUT2D eigenvalue weighted by molar-refractivity contribution is 7.11. The second kappa shape index (κ2) is 7.07. The van der Waals surface area contributed by atoms with E-state index in [-0.39, 0.29) is 6.04 Å². The average molecular weight is 321 g/mol. The summed E-state index contributed by atoms with van der Waals surface area (Å²) in [7, 11) is 0. The van der Waals surface area contributed by atoms with Gasteiger partial charge in [0.1, 0.15) is 0 Å². The van der Waals surface area contributed by atoms with Crippen LogP contribution in [0.4, 0.5) is 13.2 Å². The maximum atomic E-state index is 12.3. The number of aryl methyl sites for hydroxylation is 2. The van der Waals surface area contributed by atoms with E-state index in [1.165, 1.54) is 9.78 Å². The first-order valence-electron chi connectivity index (χ1n) is 7.35. The van der Waals surface area contributed by atoms with Crippen molar-refractivity contribution in [2.24, 2.45) is 0 Å². The highest BCUT2D eigenvalue weighted by atomic mass is 32.1. The van der Waals surface area contributed by atoms with Crippen LogP contribution in [0.2, 0.25) is 0 Å². The van der Waals surface area contributed by atoms with Gasteiger partial charge in [0.25, 0.3) is 0 Å². The van der Waals surface area contributed by atoms with E-state index >= 15 is 0 Å². The number of nitrogens with zero attached hydrogens (tertiary/aromatic N) is 2. The van der Waals surface area contributed by atoms with E-state index in [1.807, 2.05) is 0 Å². The Bertz CT molecular complexity index is 459. The predicted molar refractivity (Wildman–Crippen MR) is 78.8 cm³/mol. The molecule has 2 heterocycles. The third-order valence-electron chi connectivity index (χ3n) is 3.72. The molecule has 1 N–H and O–H groups in total. The maximum Gasteiger partial charge on any atom is 0.401 e. The summed E-state index contributed by atoms with van der Waals surface area (Å²) in [5.41, 5.74) is 1.16. The molecule has 0 unspecified atom stereocenters. The average Bonchev–Trinajstić information content (AvgIpc) is 2.94. The Morgan fingerprint density at radius 3 is 2.81 bits per heavy atom.